The van der Waals surface area contributed by atoms with Crippen LogP contribution < -0.4 is 10.1 Å². The molecular weight excluding hydrogens is 348 g/mol. The van der Waals surface area contributed by atoms with Gasteiger partial charge in [0.2, 0.25) is 5.91 Å². The van der Waals surface area contributed by atoms with Gasteiger partial charge in [-0.2, -0.15) is 0 Å². The number of ether oxygens (including phenoxy) is 1. The van der Waals surface area contributed by atoms with Crippen molar-refractivity contribution in [2.45, 2.75) is 19.4 Å². The lowest BCUT2D eigenvalue weighted by Gasteiger charge is -2.39. The van der Waals surface area contributed by atoms with Crippen LogP contribution in [-0.2, 0) is 11.3 Å². The van der Waals surface area contributed by atoms with Crippen LogP contribution in [0, 0.1) is 5.41 Å². The normalized spacial score (nSPS) is 18.9. The van der Waals surface area contributed by atoms with E-state index in [9.17, 15) is 4.79 Å². The van der Waals surface area contributed by atoms with Crippen molar-refractivity contribution in [2.24, 2.45) is 5.41 Å². The van der Waals surface area contributed by atoms with E-state index in [-0.39, 0.29) is 5.91 Å². The van der Waals surface area contributed by atoms with E-state index in [4.69, 9.17) is 4.74 Å². The third kappa shape index (κ3) is 3.04. The highest BCUT2D eigenvalue weighted by Gasteiger charge is 2.44. The van der Waals surface area contributed by atoms with Crippen LogP contribution in [0.5, 0.6) is 5.75 Å². The molecule has 0 atom stereocenters. The second-order valence-corrected chi connectivity index (χ2v) is 7.93. The fourth-order valence-electron chi connectivity index (χ4n) is 4.41. The third-order valence-electron chi connectivity index (χ3n) is 6.21. The molecule has 2 aliphatic heterocycles. The Labute approximate surface area is 165 Å². The van der Waals surface area contributed by atoms with Gasteiger partial charge in [0.1, 0.15) is 12.4 Å². The molecule has 1 fully saturated rings. The number of anilines is 1. The second kappa shape index (κ2) is 6.95. The maximum Gasteiger partial charge on any atom is 0.234 e. The number of likely N-dealkylation sites (tertiary alicyclic amines) is 1. The molecule has 0 saturated carbocycles. The predicted molar refractivity (Wildman–Crippen MR) is 111 cm³/mol. The average Bonchev–Trinajstić information content (AvgIpc) is 2.87. The van der Waals surface area contributed by atoms with Gasteiger partial charge in [-0.3, -0.25) is 9.69 Å². The number of piperidine rings is 1. The molecular formula is C24H24N2O2. The lowest BCUT2D eigenvalue weighted by atomic mass is 9.78. The Hall–Kier alpha value is -2.85. The van der Waals surface area contributed by atoms with E-state index in [0.717, 1.165) is 43.9 Å². The van der Waals surface area contributed by atoms with Crippen molar-refractivity contribution in [2.75, 3.05) is 25.0 Å². The smallest absolute Gasteiger partial charge is 0.234 e. The third-order valence-corrected chi connectivity index (χ3v) is 6.21. The van der Waals surface area contributed by atoms with E-state index < -0.39 is 5.41 Å². The monoisotopic (exact) mass is 372 g/mol. The molecule has 3 aromatic rings. The number of carbonyl (C=O) groups excluding carboxylic acids is 1. The van der Waals surface area contributed by atoms with Crippen molar-refractivity contribution < 1.29 is 9.53 Å². The highest BCUT2D eigenvalue weighted by molar-refractivity contribution is 5.97. The molecule has 1 saturated heterocycles. The molecule has 5 rings (SSSR count). The number of amides is 1. The van der Waals surface area contributed by atoms with Gasteiger partial charge >= 0.3 is 0 Å². The van der Waals surface area contributed by atoms with Gasteiger partial charge in [0, 0.05) is 6.54 Å². The maximum absolute atomic E-state index is 13.0. The van der Waals surface area contributed by atoms with Crippen LogP contribution in [0.15, 0.2) is 66.7 Å². The quantitative estimate of drug-likeness (QED) is 0.722. The Kier molecular flexibility index (Phi) is 4.29. The first-order valence-corrected chi connectivity index (χ1v) is 9.96. The molecule has 1 N–H and O–H groups in total. The zero-order valence-electron chi connectivity index (χ0n) is 15.9. The van der Waals surface area contributed by atoms with Crippen LogP contribution in [0.25, 0.3) is 10.8 Å². The molecule has 142 valence electrons. The van der Waals surface area contributed by atoms with Gasteiger partial charge in [0.05, 0.1) is 11.1 Å². The number of benzene rings is 3. The molecule has 2 heterocycles. The minimum absolute atomic E-state index is 0.0993. The van der Waals surface area contributed by atoms with Gasteiger partial charge < -0.3 is 10.1 Å². The number of carbonyl (C=O) groups is 1. The molecule has 0 aliphatic carbocycles. The van der Waals surface area contributed by atoms with E-state index in [2.05, 4.69) is 52.7 Å². The van der Waals surface area contributed by atoms with Crippen molar-refractivity contribution >= 4 is 22.4 Å². The summed E-state index contributed by atoms with van der Waals surface area (Å²) in [6, 6.07) is 22.7. The summed E-state index contributed by atoms with van der Waals surface area (Å²) in [5.41, 5.74) is 1.69. The minimum Gasteiger partial charge on any atom is -0.490 e. The van der Waals surface area contributed by atoms with Crippen LogP contribution in [0.3, 0.4) is 0 Å². The number of rotatable bonds is 2. The molecule has 4 nitrogen and oxygen atoms in total. The fraction of sp³-hybridized carbons (Fsp3) is 0.292. The zero-order chi connectivity index (χ0) is 19.0. The molecule has 0 bridgehead atoms. The van der Waals surface area contributed by atoms with Crippen molar-refractivity contribution in [3.8, 4) is 5.75 Å². The Bertz CT molecular complexity index is 1020. The Morgan fingerprint density at radius 2 is 1.68 bits per heavy atom. The van der Waals surface area contributed by atoms with Crippen LogP contribution in [0.2, 0.25) is 0 Å². The molecule has 1 spiro atoms. The summed E-state index contributed by atoms with van der Waals surface area (Å²) in [6.45, 7) is 3.17. The molecule has 0 aromatic heterocycles. The topological polar surface area (TPSA) is 41.6 Å². The minimum atomic E-state index is -0.436. The van der Waals surface area contributed by atoms with Crippen LogP contribution in [0.4, 0.5) is 5.69 Å². The summed E-state index contributed by atoms with van der Waals surface area (Å²) in [4.78, 5) is 15.4. The molecule has 0 radical (unpaired) electrons. The van der Waals surface area contributed by atoms with E-state index >= 15 is 0 Å². The summed E-state index contributed by atoms with van der Waals surface area (Å²) in [6.07, 6.45) is 1.63. The van der Waals surface area contributed by atoms with Gasteiger partial charge in [0.15, 0.2) is 0 Å². The molecule has 2 aliphatic rings. The average molecular weight is 372 g/mol. The van der Waals surface area contributed by atoms with Crippen molar-refractivity contribution in [3.05, 3.63) is 72.3 Å². The van der Waals surface area contributed by atoms with Gasteiger partial charge in [-0.15, -0.1) is 0 Å². The molecule has 4 heteroatoms. The van der Waals surface area contributed by atoms with E-state index in [1.54, 1.807) is 0 Å². The zero-order valence-corrected chi connectivity index (χ0v) is 15.9. The first-order chi connectivity index (χ1) is 13.7. The SMILES string of the molecule is O=C1Nc2ccccc2OCC12CCN(Cc1cccc3ccccc13)CC2. The van der Waals surface area contributed by atoms with Gasteiger partial charge in [0.25, 0.3) is 0 Å². The van der Waals surface area contributed by atoms with Gasteiger partial charge in [-0.1, -0.05) is 54.6 Å². The Morgan fingerprint density at radius 3 is 2.57 bits per heavy atom. The molecule has 3 aromatic carbocycles. The lowest BCUT2D eigenvalue weighted by molar-refractivity contribution is -0.130. The Morgan fingerprint density at radius 1 is 0.929 bits per heavy atom. The predicted octanol–water partition coefficient (Wildman–Crippen LogP) is 4.45. The lowest BCUT2D eigenvalue weighted by Crippen LogP contribution is -2.48. The first kappa shape index (κ1) is 17.3. The number of nitrogens with zero attached hydrogens (tertiary/aromatic N) is 1. The van der Waals surface area contributed by atoms with Crippen molar-refractivity contribution in [3.63, 3.8) is 0 Å². The first-order valence-electron chi connectivity index (χ1n) is 9.96. The van der Waals surface area contributed by atoms with Crippen molar-refractivity contribution in [1.29, 1.82) is 0 Å². The Balaban J connectivity index is 1.30. The summed E-state index contributed by atoms with van der Waals surface area (Å²) in [7, 11) is 0. The molecule has 0 unspecified atom stereocenters. The fourth-order valence-corrected chi connectivity index (χ4v) is 4.41. The van der Waals surface area contributed by atoms with Gasteiger partial charge in [-0.05, 0) is 54.4 Å². The molecule has 1 amide bonds. The summed E-state index contributed by atoms with van der Waals surface area (Å²) >= 11 is 0. The molecule has 28 heavy (non-hydrogen) atoms. The van der Waals surface area contributed by atoms with Crippen LogP contribution >= 0.6 is 0 Å². The standard InChI is InChI=1S/C24H24N2O2/c27-23-24(17-28-22-11-4-3-10-21(22)25-23)12-14-26(15-13-24)16-19-8-5-7-18-6-1-2-9-20(18)19/h1-11H,12-17H2,(H,25,27). The highest BCUT2D eigenvalue weighted by Crippen LogP contribution is 2.39. The van der Waals surface area contributed by atoms with Gasteiger partial charge in [-0.25, -0.2) is 0 Å². The number of fused-ring (bicyclic) bond motifs is 2. The van der Waals surface area contributed by atoms with E-state index in [0.29, 0.717) is 6.61 Å². The van der Waals surface area contributed by atoms with E-state index in [1.165, 1.54) is 16.3 Å². The van der Waals surface area contributed by atoms with Crippen LogP contribution in [0.1, 0.15) is 18.4 Å². The summed E-state index contributed by atoms with van der Waals surface area (Å²) < 4.78 is 6.02. The highest BCUT2D eigenvalue weighted by atomic mass is 16.5. The van der Waals surface area contributed by atoms with Crippen LogP contribution in [-0.4, -0.2) is 30.5 Å². The largest absolute Gasteiger partial charge is 0.490 e. The maximum atomic E-state index is 13.0. The number of hydrogen-bond donors (Lipinski definition) is 1. The number of nitrogens with one attached hydrogen (secondary N) is 1. The number of para-hydroxylation sites is 2. The number of hydrogen-bond acceptors (Lipinski definition) is 3. The van der Waals surface area contributed by atoms with E-state index in [1.807, 2.05) is 24.3 Å². The second-order valence-electron chi connectivity index (χ2n) is 7.93. The summed E-state index contributed by atoms with van der Waals surface area (Å²) in [5, 5.41) is 5.69. The van der Waals surface area contributed by atoms with Crippen molar-refractivity contribution in [1.82, 2.24) is 4.90 Å². The summed E-state index contributed by atoms with van der Waals surface area (Å²) in [5.74, 6) is 0.869.